The lowest BCUT2D eigenvalue weighted by atomic mass is 10.0. The van der Waals surface area contributed by atoms with Crippen LogP contribution in [0.2, 0.25) is 0 Å². The van der Waals surface area contributed by atoms with Crippen molar-refractivity contribution in [3.63, 3.8) is 0 Å². The molecule has 1 heterocycles. The number of nitrogens with zero attached hydrogens (tertiary/aromatic N) is 1. The maximum Gasteiger partial charge on any atom is 0.308 e. The lowest BCUT2D eigenvalue weighted by Gasteiger charge is -2.26. The highest BCUT2D eigenvalue weighted by Crippen LogP contribution is 2.25. The van der Waals surface area contributed by atoms with E-state index in [1.807, 2.05) is 0 Å². The van der Waals surface area contributed by atoms with E-state index in [0.29, 0.717) is 19.4 Å². The van der Waals surface area contributed by atoms with Crippen LogP contribution in [0, 0.1) is 5.92 Å². The lowest BCUT2D eigenvalue weighted by molar-refractivity contribution is -0.143. The van der Waals surface area contributed by atoms with Crippen LogP contribution in [-0.2, 0) is 16.0 Å². The maximum absolute atomic E-state index is 12.4. The number of phenolic OH excluding ortho intramolecular Hbond substituents is 1. The van der Waals surface area contributed by atoms with Gasteiger partial charge in [0.2, 0.25) is 5.91 Å². The van der Waals surface area contributed by atoms with E-state index in [-0.39, 0.29) is 17.7 Å². The van der Waals surface area contributed by atoms with Gasteiger partial charge in [-0.15, -0.1) is 0 Å². The molecule has 0 radical (unpaired) electrons. The van der Waals surface area contributed by atoms with Gasteiger partial charge in [0.25, 0.3) is 0 Å². The fourth-order valence-electron chi connectivity index (χ4n) is 2.77. The molecule has 1 fully saturated rings. The Hall–Kier alpha value is -2.08. The monoisotopic (exact) mass is 292 g/mol. The minimum Gasteiger partial charge on any atom is -0.508 e. The van der Waals surface area contributed by atoms with Crippen molar-refractivity contribution in [1.29, 1.82) is 0 Å². The molecule has 1 saturated heterocycles. The van der Waals surface area contributed by atoms with E-state index < -0.39 is 17.9 Å². The van der Waals surface area contributed by atoms with Crippen LogP contribution in [0.3, 0.4) is 0 Å². The molecular weight excluding hydrogens is 272 g/mol. The number of nitrogens with two attached hydrogens (primary N) is 1. The Labute approximate surface area is 123 Å². The summed E-state index contributed by atoms with van der Waals surface area (Å²) in [6.07, 6.45) is 0.828. The molecule has 0 saturated carbocycles. The first-order chi connectivity index (χ1) is 9.90. The Kier molecular flexibility index (Phi) is 4.47. The molecule has 0 aromatic heterocycles. The molecule has 1 amide bonds. The van der Waals surface area contributed by atoms with Gasteiger partial charge >= 0.3 is 5.97 Å². The molecule has 1 aliphatic rings. The highest BCUT2D eigenvalue weighted by atomic mass is 16.4. The Morgan fingerprint density at radius 1 is 1.38 bits per heavy atom. The molecule has 114 valence electrons. The fourth-order valence-corrected chi connectivity index (χ4v) is 2.77. The van der Waals surface area contributed by atoms with Crippen molar-refractivity contribution in [2.75, 3.05) is 6.54 Å². The zero-order valence-electron chi connectivity index (χ0n) is 11.9. The predicted octanol–water partition coefficient (Wildman–Crippen LogP) is 0.584. The van der Waals surface area contributed by atoms with Crippen molar-refractivity contribution in [3.8, 4) is 5.75 Å². The van der Waals surface area contributed by atoms with Gasteiger partial charge in [-0.25, -0.2) is 0 Å². The molecule has 6 nitrogen and oxygen atoms in total. The highest BCUT2D eigenvalue weighted by Gasteiger charge is 2.39. The molecule has 1 aromatic carbocycles. The number of aliphatic carboxylic acids is 1. The number of amides is 1. The summed E-state index contributed by atoms with van der Waals surface area (Å²) < 4.78 is 0. The van der Waals surface area contributed by atoms with E-state index in [1.54, 1.807) is 36.1 Å². The minimum absolute atomic E-state index is 0.163. The number of benzene rings is 1. The maximum atomic E-state index is 12.4. The van der Waals surface area contributed by atoms with Crippen LogP contribution >= 0.6 is 0 Å². The predicted molar refractivity (Wildman–Crippen MR) is 76.7 cm³/mol. The summed E-state index contributed by atoms with van der Waals surface area (Å²) in [5.41, 5.74) is 6.81. The molecule has 4 N–H and O–H groups in total. The van der Waals surface area contributed by atoms with Crippen LogP contribution in [0.4, 0.5) is 0 Å². The molecular formula is C15H20N2O4. The van der Waals surface area contributed by atoms with E-state index in [4.69, 9.17) is 10.8 Å². The summed E-state index contributed by atoms with van der Waals surface area (Å²) in [6, 6.07) is 5.49. The molecule has 0 spiro atoms. The SMILES string of the molecule is CC1C(C(=O)O)CCN1C(=O)C(N)Cc1ccc(O)cc1. The van der Waals surface area contributed by atoms with Gasteiger partial charge in [-0.05, 0) is 37.5 Å². The summed E-state index contributed by atoms with van der Waals surface area (Å²) >= 11 is 0. The third kappa shape index (κ3) is 3.33. The lowest BCUT2D eigenvalue weighted by Crippen LogP contribution is -2.47. The van der Waals surface area contributed by atoms with E-state index in [2.05, 4.69) is 0 Å². The quantitative estimate of drug-likeness (QED) is 0.753. The van der Waals surface area contributed by atoms with Crippen molar-refractivity contribution >= 4 is 11.9 Å². The summed E-state index contributed by atoms with van der Waals surface area (Å²) in [5.74, 6) is -1.45. The van der Waals surface area contributed by atoms with Gasteiger partial charge in [0.15, 0.2) is 0 Å². The number of hydrogen-bond acceptors (Lipinski definition) is 4. The van der Waals surface area contributed by atoms with Gasteiger partial charge in [0.05, 0.1) is 12.0 Å². The molecule has 6 heteroatoms. The zero-order valence-corrected chi connectivity index (χ0v) is 11.9. The number of carboxylic acids is 1. The van der Waals surface area contributed by atoms with Crippen molar-refractivity contribution in [1.82, 2.24) is 4.90 Å². The average Bonchev–Trinajstić information content (AvgIpc) is 2.82. The van der Waals surface area contributed by atoms with Crippen LogP contribution in [0.15, 0.2) is 24.3 Å². The molecule has 3 atom stereocenters. The molecule has 1 aromatic rings. The van der Waals surface area contributed by atoms with Crippen LogP contribution < -0.4 is 5.73 Å². The van der Waals surface area contributed by atoms with E-state index in [9.17, 15) is 14.7 Å². The van der Waals surface area contributed by atoms with Crippen LogP contribution in [-0.4, -0.2) is 45.6 Å². The first-order valence-corrected chi connectivity index (χ1v) is 6.97. The third-order valence-electron chi connectivity index (χ3n) is 4.06. The number of likely N-dealkylation sites (tertiary alicyclic amines) is 1. The zero-order chi connectivity index (χ0) is 15.6. The van der Waals surface area contributed by atoms with Crippen LogP contribution in [0.25, 0.3) is 0 Å². The Morgan fingerprint density at radius 3 is 2.52 bits per heavy atom. The van der Waals surface area contributed by atoms with Gasteiger partial charge in [0, 0.05) is 12.6 Å². The number of phenols is 1. The summed E-state index contributed by atoms with van der Waals surface area (Å²) in [6.45, 7) is 2.18. The first-order valence-electron chi connectivity index (χ1n) is 6.97. The Balaban J connectivity index is 1.99. The standard InChI is InChI=1S/C15H20N2O4/c1-9-12(15(20)21)6-7-17(9)14(19)13(16)8-10-2-4-11(18)5-3-10/h2-5,9,12-13,18H,6-8,16H2,1H3,(H,20,21). The summed E-state index contributed by atoms with van der Waals surface area (Å²) in [4.78, 5) is 25.0. The molecule has 0 aliphatic carbocycles. The second-order valence-corrected chi connectivity index (χ2v) is 5.48. The third-order valence-corrected chi connectivity index (χ3v) is 4.06. The molecule has 0 bridgehead atoms. The second-order valence-electron chi connectivity index (χ2n) is 5.48. The van der Waals surface area contributed by atoms with Crippen molar-refractivity contribution in [3.05, 3.63) is 29.8 Å². The number of carboxylic acid groups (broad SMARTS) is 1. The van der Waals surface area contributed by atoms with E-state index in [1.165, 1.54) is 0 Å². The fraction of sp³-hybridized carbons (Fsp3) is 0.467. The summed E-state index contributed by atoms with van der Waals surface area (Å²) in [7, 11) is 0. The Bertz CT molecular complexity index is 529. The van der Waals surface area contributed by atoms with Crippen molar-refractivity contribution in [2.45, 2.75) is 31.8 Å². The number of rotatable bonds is 4. The molecule has 2 rings (SSSR count). The van der Waals surface area contributed by atoms with Gasteiger partial charge < -0.3 is 20.8 Å². The van der Waals surface area contributed by atoms with Gasteiger partial charge in [-0.1, -0.05) is 12.1 Å². The topological polar surface area (TPSA) is 104 Å². The number of hydrogen-bond donors (Lipinski definition) is 3. The normalized spacial score (nSPS) is 23.0. The second kappa shape index (κ2) is 6.13. The molecule has 1 aliphatic heterocycles. The largest absolute Gasteiger partial charge is 0.508 e. The van der Waals surface area contributed by atoms with Gasteiger partial charge in [0.1, 0.15) is 5.75 Å². The number of carbonyl (C=O) groups is 2. The average molecular weight is 292 g/mol. The van der Waals surface area contributed by atoms with E-state index >= 15 is 0 Å². The minimum atomic E-state index is -0.870. The van der Waals surface area contributed by atoms with Crippen LogP contribution in [0.5, 0.6) is 5.75 Å². The van der Waals surface area contributed by atoms with Crippen LogP contribution in [0.1, 0.15) is 18.9 Å². The number of carbonyl (C=O) groups excluding carboxylic acids is 1. The van der Waals surface area contributed by atoms with E-state index in [0.717, 1.165) is 5.56 Å². The van der Waals surface area contributed by atoms with Gasteiger partial charge in [-0.2, -0.15) is 0 Å². The smallest absolute Gasteiger partial charge is 0.308 e. The Morgan fingerprint density at radius 2 is 2.00 bits per heavy atom. The first kappa shape index (κ1) is 15.3. The molecule has 21 heavy (non-hydrogen) atoms. The highest BCUT2D eigenvalue weighted by molar-refractivity contribution is 5.84. The number of aromatic hydroxyl groups is 1. The van der Waals surface area contributed by atoms with Gasteiger partial charge in [-0.3, -0.25) is 9.59 Å². The van der Waals surface area contributed by atoms with Crippen molar-refractivity contribution in [2.24, 2.45) is 11.7 Å². The van der Waals surface area contributed by atoms with Crippen molar-refractivity contribution < 1.29 is 19.8 Å². The molecule has 3 unspecified atom stereocenters. The summed E-state index contributed by atoms with van der Waals surface area (Å²) in [5, 5.41) is 18.3.